The highest BCUT2D eigenvalue weighted by atomic mass is 79.9. The Morgan fingerprint density at radius 2 is 1.77 bits per heavy atom. The van der Waals surface area contributed by atoms with Crippen molar-refractivity contribution in [3.8, 4) is 0 Å². The van der Waals surface area contributed by atoms with Crippen LogP contribution < -0.4 is 0 Å². The molecule has 4 rings (SSSR count). The molecule has 162 valence electrons. The summed E-state index contributed by atoms with van der Waals surface area (Å²) in [7, 11) is -3.54. The van der Waals surface area contributed by atoms with Gasteiger partial charge in [-0.2, -0.15) is 4.31 Å². The van der Waals surface area contributed by atoms with Crippen molar-refractivity contribution in [3.05, 3.63) is 51.8 Å². The molecule has 0 radical (unpaired) electrons. The molecule has 0 unspecified atom stereocenters. The molecule has 1 amide bonds. The van der Waals surface area contributed by atoms with Gasteiger partial charge in [-0.3, -0.25) is 9.69 Å². The molecule has 9 heteroatoms. The van der Waals surface area contributed by atoms with Crippen LogP contribution in [0, 0.1) is 5.92 Å². The normalized spacial score (nSPS) is 21.6. The van der Waals surface area contributed by atoms with E-state index in [4.69, 9.17) is 0 Å². The Labute approximate surface area is 190 Å². The summed E-state index contributed by atoms with van der Waals surface area (Å²) in [5, 5.41) is 0. The second-order valence-corrected chi connectivity index (χ2v) is 12.5. The molecule has 2 saturated heterocycles. The summed E-state index contributed by atoms with van der Waals surface area (Å²) in [4.78, 5) is 17.4. The van der Waals surface area contributed by atoms with E-state index in [0.717, 1.165) is 36.3 Å². The summed E-state index contributed by atoms with van der Waals surface area (Å²) >= 11 is 4.55. The number of carbonyl (C=O) groups is 1. The van der Waals surface area contributed by atoms with Crippen molar-refractivity contribution in [2.45, 2.75) is 23.6 Å². The largest absolute Gasteiger partial charge is 0.340 e. The van der Waals surface area contributed by atoms with E-state index < -0.39 is 10.0 Å². The first-order valence-electron chi connectivity index (χ1n) is 10.2. The summed E-state index contributed by atoms with van der Waals surface area (Å²) in [6, 6.07) is 13.7. The van der Waals surface area contributed by atoms with Gasteiger partial charge in [-0.15, -0.1) is 11.3 Å². The SMILES string of the molecule is O=C([C@H]1CCCN(S(=O)(=O)c2ccc(Br)s2)C1)N1CCN(Cc2ccccc2)CC1. The number of halogens is 1. The van der Waals surface area contributed by atoms with Gasteiger partial charge < -0.3 is 4.90 Å². The molecular formula is C21H26BrN3O3S2. The monoisotopic (exact) mass is 511 g/mol. The maximum absolute atomic E-state index is 13.1. The Morgan fingerprint density at radius 1 is 1.03 bits per heavy atom. The molecule has 6 nitrogen and oxygen atoms in total. The van der Waals surface area contributed by atoms with Gasteiger partial charge in [0.2, 0.25) is 5.91 Å². The highest BCUT2D eigenvalue weighted by molar-refractivity contribution is 9.11. The lowest BCUT2D eigenvalue weighted by Crippen LogP contribution is -2.52. The smallest absolute Gasteiger partial charge is 0.252 e. The van der Waals surface area contributed by atoms with Gasteiger partial charge in [-0.25, -0.2) is 8.42 Å². The lowest BCUT2D eigenvalue weighted by Gasteiger charge is -2.38. The molecule has 0 N–H and O–H groups in total. The minimum absolute atomic E-state index is 0.0987. The Kier molecular flexibility index (Phi) is 6.94. The van der Waals surface area contributed by atoms with Crippen LogP contribution in [0.2, 0.25) is 0 Å². The molecule has 30 heavy (non-hydrogen) atoms. The number of hydrogen-bond acceptors (Lipinski definition) is 5. The van der Waals surface area contributed by atoms with Gasteiger partial charge in [0.1, 0.15) is 4.21 Å². The minimum Gasteiger partial charge on any atom is -0.340 e. The van der Waals surface area contributed by atoms with Gasteiger partial charge in [0.25, 0.3) is 10.0 Å². The molecule has 1 atom stereocenters. The van der Waals surface area contributed by atoms with Crippen LogP contribution in [0.5, 0.6) is 0 Å². The zero-order valence-electron chi connectivity index (χ0n) is 16.7. The summed E-state index contributed by atoms with van der Waals surface area (Å²) in [6.07, 6.45) is 1.47. The fourth-order valence-corrected chi connectivity index (χ4v) is 7.84. The zero-order valence-corrected chi connectivity index (χ0v) is 20.0. The molecule has 1 aromatic carbocycles. The van der Waals surface area contributed by atoms with Gasteiger partial charge in [-0.1, -0.05) is 30.3 Å². The van der Waals surface area contributed by atoms with Gasteiger partial charge >= 0.3 is 0 Å². The van der Waals surface area contributed by atoms with Gasteiger partial charge in [0.05, 0.1) is 9.70 Å². The quantitative estimate of drug-likeness (QED) is 0.617. The van der Waals surface area contributed by atoms with Crippen LogP contribution in [0.4, 0.5) is 0 Å². The lowest BCUT2D eigenvalue weighted by atomic mass is 9.97. The van der Waals surface area contributed by atoms with Gasteiger partial charge in [-0.05, 0) is 46.5 Å². The van der Waals surface area contributed by atoms with E-state index in [9.17, 15) is 13.2 Å². The molecule has 2 aromatic rings. The predicted molar refractivity (Wildman–Crippen MR) is 122 cm³/mol. The molecule has 2 aliphatic rings. The second-order valence-electron chi connectivity index (χ2n) is 7.85. The van der Waals surface area contributed by atoms with E-state index in [1.165, 1.54) is 21.2 Å². The van der Waals surface area contributed by atoms with Crippen LogP contribution in [-0.4, -0.2) is 67.7 Å². The van der Waals surface area contributed by atoms with Crippen molar-refractivity contribution >= 4 is 43.2 Å². The number of thiophene rings is 1. The summed E-state index contributed by atoms with van der Waals surface area (Å²) in [5.74, 6) is -0.153. The van der Waals surface area contributed by atoms with E-state index in [0.29, 0.717) is 23.8 Å². The number of piperidine rings is 1. The number of piperazine rings is 1. The van der Waals surface area contributed by atoms with E-state index in [1.54, 1.807) is 12.1 Å². The molecule has 0 saturated carbocycles. The Hall–Kier alpha value is -1.26. The van der Waals surface area contributed by atoms with Crippen molar-refractivity contribution in [2.24, 2.45) is 5.92 Å². The number of sulfonamides is 1. The van der Waals surface area contributed by atoms with Crippen molar-refractivity contribution in [2.75, 3.05) is 39.3 Å². The number of hydrogen-bond donors (Lipinski definition) is 0. The van der Waals surface area contributed by atoms with Crippen LogP contribution in [0.25, 0.3) is 0 Å². The maximum Gasteiger partial charge on any atom is 0.252 e. The first-order valence-corrected chi connectivity index (χ1v) is 13.3. The van der Waals surface area contributed by atoms with Gasteiger partial charge in [0, 0.05) is 45.8 Å². The molecule has 1 aromatic heterocycles. The van der Waals surface area contributed by atoms with Crippen molar-refractivity contribution in [3.63, 3.8) is 0 Å². The molecule has 3 heterocycles. The third kappa shape index (κ3) is 4.96. The number of nitrogens with zero attached hydrogens (tertiary/aromatic N) is 3. The number of amides is 1. The van der Waals surface area contributed by atoms with E-state index >= 15 is 0 Å². The molecule has 2 aliphatic heterocycles. The van der Waals surface area contributed by atoms with Crippen LogP contribution in [-0.2, 0) is 21.4 Å². The average molecular weight is 512 g/mol. The molecule has 0 bridgehead atoms. The average Bonchev–Trinajstić information content (AvgIpc) is 3.22. The topological polar surface area (TPSA) is 60.9 Å². The third-order valence-electron chi connectivity index (χ3n) is 5.81. The highest BCUT2D eigenvalue weighted by Crippen LogP contribution is 2.31. The Morgan fingerprint density at radius 3 is 2.43 bits per heavy atom. The molecule has 0 aliphatic carbocycles. The maximum atomic E-state index is 13.1. The third-order valence-corrected chi connectivity index (χ3v) is 9.77. The van der Waals surface area contributed by atoms with Gasteiger partial charge in [0.15, 0.2) is 0 Å². The fourth-order valence-electron chi connectivity index (χ4n) is 4.15. The van der Waals surface area contributed by atoms with Crippen molar-refractivity contribution < 1.29 is 13.2 Å². The molecule has 0 spiro atoms. The first-order chi connectivity index (χ1) is 14.4. The number of benzene rings is 1. The van der Waals surface area contributed by atoms with E-state index in [2.05, 4.69) is 33.0 Å². The van der Waals surface area contributed by atoms with Crippen molar-refractivity contribution in [1.82, 2.24) is 14.1 Å². The minimum atomic E-state index is -3.54. The predicted octanol–water partition coefficient (Wildman–Crippen LogP) is 3.26. The fraction of sp³-hybridized carbons (Fsp3) is 0.476. The Bertz CT molecular complexity index is 972. The van der Waals surface area contributed by atoms with Crippen LogP contribution in [0.15, 0.2) is 50.5 Å². The lowest BCUT2D eigenvalue weighted by molar-refractivity contribution is -0.138. The highest BCUT2D eigenvalue weighted by Gasteiger charge is 2.36. The van der Waals surface area contributed by atoms with Crippen LogP contribution in [0.1, 0.15) is 18.4 Å². The summed E-state index contributed by atoms with van der Waals surface area (Å²) < 4.78 is 28.5. The standard InChI is InChI=1S/C21H26BrN3O3S2/c22-19-8-9-20(29-19)30(27,28)25-10-4-7-18(16-25)21(26)24-13-11-23(12-14-24)15-17-5-2-1-3-6-17/h1-3,5-6,8-9,18H,4,7,10-16H2/t18-/m0/s1. The van der Waals surface area contributed by atoms with Crippen LogP contribution in [0.3, 0.4) is 0 Å². The Balaban J connectivity index is 1.34. The second kappa shape index (κ2) is 9.48. The number of carbonyl (C=O) groups excluding carboxylic acids is 1. The van der Waals surface area contributed by atoms with E-state index in [1.807, 2.05) is 23.1 Å². The molecular weight excluding hydrogens is 486 g/mol. The van der Waals surface area contributed by atoms with Crippen molar-refractivity contribution in [1.29, 1.82) is 0 Å². The van der Waals surface area contributed by atoms with E-state index in [-0.39, 0.29) is 18.4 Å². The van der Waals surface area contributed by atoms with Crippen LogP contribution >= 0.6 is 27.3 Å². The summed E-state index contributed by atoms with van der Waals surface area (Å²) in [5.41, 5.74) is 1.28. The number of rotatable bonds is 5. The zero-order chi connectivity index (χ0) is 21.1. The molecule has 2 fully saturated rings. The first kappa shape index (κ1) is 22.0. The summed E-state index contributed by atoms with van der Waals surface area (Å²) in [6.45, 7) is 4.75.